The van der Waals surface area contributed by atoms with Gasteiger partial charge in [-0.1, -0.05) is 20.8 Å². The minimum absolute atomic E-state index is 0.0143. The van der Waals surface area contributed by atoms with Crippen molar-refractivity contribution in [2.24, 2.45) is 5.92 Å². The van der Waals surface area contributed by atoms with E-state index in [9.17, 15) is 4.79 Å². The van der Waals surface area contributed by atoms with Crippen LogP contribution in [0.2, 0.25) is 0 Å². The maximum absolute atomic E-state index is 11.8. The van der Waals surface area contributed by atoms with Crippen LogP contribution in [-0.4, -0.2) is 45.9 Å². The van der Waals surface area contributed by atoms with Crippen LogP contribution in [0, 0.1) is 5.92 Å². The molecule has 1 amide bonds. The van der Waals surface area contributed by atoms with E-state index in [0.29, 0.717) is 18.0 Å². The molecule has 3 heterocycles. The van der Waals surface area contributed by atoms with E-state index in [4.69, 9.17) is 0 Å². The third kappa shape index (κ3) is 3.49. The van der Waals surface area contributed by atoms with Gasteiger partial charge >= 0.3 is 0 Å². The number of nitrogens with one attached hydrogen (secondary N) is 2. The van der Waals surface area contributed by atoms with Gasteiger partial charge in [-0.05, 0) is 12.1 Å². The molecule has 23 heavy (non-hydrogen) atoms. The molecule has 1 fully saturated rings. The second-order valence-corrected chi connectivity index (χ2v) is 6.99. The smallest absolute Gasteiger partial charge is 0.254 e. The quantitative estimate of drug-likeness (QED) is 0.890. The number of aromatic amines is 1. The van der Waals surface area contributed by atoms with Crippen LogP contribution in [0.3, 0.4) is 0 Å². The molecular weight excluding hydrogens is 292 g/mol. The number of carbonyl (C=O) groups excluding carboxylic acids is 1. The number of nitrogens with zero attached hydrogens (tertiary/aromatic N) is 4. The molecule has 0 atom stereocenters. The summed E-state index contributed by atoms with van der Waals surface area (Å²) in [5.41, 5.74) is 1.57. The number of anilines is 1. The van der Waals surface area contributed by atoms with Crippen LogP contribution < -0.4 is 10.2 Å². The van der Waals surface area contributed by atoms with Gasteiger partial charge in [0.2, 0.25) is 0 Å². The van der Waals surface area contributed by atoms with Crippen molar-refractivity contribution in [3.05, 3.63) is 35.8 Å². The first kappa shape index (κ1) is 15.5. The van der Waals surface area contributed by atoms with Gasteiger partial charge in [-0.15, -0.1) is 5.10 Å². The fourth-order valence-corrected chi connectivity index (χ4v) is 2.49. The monoisotopic (exact) mass is 314 g/mol. The van der Waals surface area contributed by atoms with Crippen LogP contribution in [0.1, 0.15) is 36.8 Å². The average Bonchev–Trinajstić information content (AvgIpc) is 2.99. The first-order valence-electron chi connectivity index (χ1n) is 7.79. The number of hydrogen-bond acceptors (Lipinski definition) is 5. The molecule has 1 aliphatic rings. The summed E-state index contributed by atoms with van der Waals surface area (Å²) in [6.45, 7) is 8.80. The van der Waals surface area contributed by atoms with E-state index in [-0.39, 0.29) is 11.3 Å². The Hall–Kier alpha value is -2.44. The number of amides is 1. The summed E-state index contributed by atoms with van der Waals surface area (Å²) in [5.74, 6) is 1.25. The maximum atomic E-state index is 11.8. The molecule has 7 nitrogen and oxygen atoms in total. The SMILES string of the molecule is CC(C)(C)c1ccc(N2CC(CNC(=O)c3cn[nH]c3)C2)nn1. The minimum Gasteiger partial charge on any atom is -0.354 e. The lowest BCUT2D eigenvalue weighted by Gasteiger charge is -2.40. The highest BCUT2D eigenvalue weighted by molar-refractivity contribution is 5.93. The van der Waals surface area contributed by atoms with Crippen molar-refractivity contribution in [3.8, 4) is 0 Å². The van der Waals surface area contributed by atoms with Gasteiger partial charge in [0, 0.05) is 37.2 Å². The number of aromatic nitrogens is 4. The fourth-order valence-electron chi connectivity index (χ4n) is 2.49. The summed E-state index contributed by atoms with van der Waals surface area (Å²) in [5, 5.41) is 18.0. The van der Waals surface area contributed by atoms with Crippen LogP contribution in [0.5, 0.6) is 0 Å². The van der Waals surface area contributed by atoms with E-state index in [0.717, 1.165) is 24.6 Å². The summed E-state index contributed by atoms with van der Waals surface area (Å²) in [6, 6.07) is 4.06. The van der Waals surface area contributed by atoms with E-state index in [1.807, 2.05) is 12.1 Å². The second kappa shape index (κ2) is 5.98. The van der Waals surface area contributed by atoms with Crippen LogP contribution in [-0.2, 0) is 5.41 Å². The topological polar surface area (TPSA) is 86.8 Å². The lowest BCUT2D eigenvalue weighted by atomic mass is 9.92. The molecule has 122 valence electrons. The molecule has 0 bridgehead atoms. The van der Waals surface area contributed by atoms with Crippen molar-refractivity contribution in [2.75, 3.05) is 24.5 Å². The van der Waals surface area contributed by atoms with Gasteiger partial charge < -0.3 is 10.2 Å². The molecule has 0 aromatic carbocycles. The van der Waals surface area contributed by atoms with Gasteiger partial charge in [0.1, 0.15) is 0 Å². The van der Waals surface area contributed by atoms with Crippen LogP contribution in [0.15, 0.2) is 24.5 Å². The predicted molar refractivity (Wildman–Crippen MR) is 87.4 cm³/mol. The molecule has 0 saturated carbocycles. The van der Waals surface area contributed by atoms with E-state index in [2.05, 4.69) is 51.4 Å². The maximum Gasteiger partial charge on any atom is 0.254 e. The molecule has 3 rings (SSSR count). The molecule has 1 saturated heterocycles. The highest BCUT2D eigenvalue weighted by Crippen LogP contribution is 2.24. The Morgan fingerprint density at radius 3 is 2.70 bits per heavy atom. The normalized spacial score (nSPS) is 15.3. The van der Waals surface area contributed by atoms with Crippen molar-refractivity contribution < 1.29 is 4.79 Å². The Kier molecular flexibility index (Phi) is 4.02. The number of H-pyrrole nitrogens is 1. The van der Waals surface area contributed by atoms with Crippen LogP contribution in [0.4, 0.5) is 5.82 Å². The van der Waals surface area contributed by atoms with Crippen molar-refractivity contribution >= 4 is 11.7 Å². The summed E-state index contributed by atoms with van der Waals surface area (Å²) < 4.78 is 0. The summed E-state index contributed by atoms with van der Waals surface area (Å²) in [7, 11) is 0. The number of hydrogen-bond donors (Lipinski definition) is 2. The molecule has 0 radical (unpaired) electrons. The van der Waals surface area contributed by atoms with Gasteiger partial charge in [0.25, 0.3) is 5.91 Å². The number of carbonyl (C=O) groups is 1. The zero-order valence-corrected chi connectivity index (χ0v) is 13.7. The third-order valence-electron chi connectivity index (χ3n) is 4.01. The highest BCUT2D eigenvalue weighted by Gasteiger charge is 2.28. The van der Waals surface area contributed by atoms with Crippen LogP contribution >= 0.6 is 0 Å². The van der Waals surface area contributed by atoms with E-state index in [1.54, 1.807) is 6.20 Å². The van der Waals surface area contributed by atoms with E-state index < -0.39 is 0 Å². The lowest BCUT2D eigenvalue weighted by molar-refractivity contribution is 0.0944. The molecule has 0 spiro atoms. The molecule has 2 N–H and O–H groups in total. The van der Waals surface area contributed by atoms with E-state index >= 15 is 0 Å². The zero-order chi connectivity index (χ0) is 16.4. The summed E-state index contributed by atoms with van der Waals surface area (Å²) in [6.07, 6.45) is 3.11. The molecule has 0 aliphatic carbocycles. The Bertz CT molecular complexity index is 653. The Balaban J connectivity index is 1.46. The van der Waals surface area contributed by atoms with Gasteiger partial charge in [0.15, 0.2) is 5.82 Å². The van der Waals surface area contributed by atoms with Crippen LogP contribution in [0.25, 0.3) is 0 Å². The Labute approximate surface area is 135 Å². The summed E-state index contributed by atoms with van der Waals surface area (Å²) >= 11 is 0. The standard InChI is InChI=1S/C16H22N6O/c1-16(2,3)13-4-5-14(21-20-13)22-9-11(10-22)6-17-15(23)12-7-18-19-8-12/h4-5,7-8,11H,6,9-10H2,1-3H3,(H,17,23)(H,18,19). The average molecular weight is 314 g/mol. The first-order chi connectivity index (χ1) is 10.9. The van der Waals surface area contributed by atoms with Crippen molar-refractivity contribution in [1.82, 2.24) is 25.7 Å². The van der Waals surface area contributed by atoms with E-state index in [1.165, 1.54) is 6.20 Å². The lowest BCUT2D eigenvalue weighted by Crippen LogP contribution is -2.52. The van der Waals surface area contributed by atoms with Crippen molar-refractivity contribution in [1.29, 1.82) is 0 Å². The molecule has 1 aliphatic heterocycles. The van der Waals surface area contributed by atoms with Gasteiger partial charge in [-0.3, -0.25) is 9.89 Å². The van der Waals surface area contributed by atoms with Gasteiger partial charge in [0.05, 0.1) is 17.5 Å². The fraction of sp³-hybridized carbons (Fsp3) is 0.500. The largest absolute Gasteiger partial charge is 0.354 e. The van der Waals surface area contributed by atoms with Gasteiger partial charge in [-0.2, -0.15) is 10.2 Å². The predicted octanol–water partition coefficient (Wildman–Crippen LogP) is 1.36. The molecule has 0 unspecified atom stereocenters. The number of rotatable bonds is 4. The highest BCUT2D eigenvalue weighted by atomic mass is 16.1. The second-order valence-electron chi connectivity index (χ2n) is 6.99. The Morgan fingerprint density at radius 2 is 2.13 bits per heavy atom. The molecule has 2 aromatic rings. The molecule has 2 aromatic heterocycles. The van der Waals surface area contributed by atoms with Crippen molar-refractivity contribution in [3.63, 3.8) is 0 Å². The summed E-state index contributed by atoms with van der Waals surface area (Å²) in [4.78, 5) is 14.0. The molecule has 7 heteroatoms. The minimum atomic E-state index is -0.0912. The van der Waals surface area contributed by atoms with Crippen molar-refractivity contribution in [2.45, 2.75) is 26.2 Å². The first-order valence-corrected chi connectivity index (χ1v) is 7.79. The molecular formula is C16H22N6O. The Morgan fingerprint density at radius 1 is 1.35 bits per heavy atom. The zero-order valence-electron chi connectivity index (χ0n) is 13.7. The third-order valence-corrected chi connectivity index (χ3v) is 4.01. The van der Waals surface area contributed by atoms with Gasteiger partial charge in [-0.25, -0.2) is 0 Å².